The topological polar surface area (TPSA) is 55.8 Å². The van der Waals surface area contributed by atoms with Gasteiger partial charge >= 0.3 is 5.97 Å². The highest BCUT2D eigenvalue weighted by Crippen LogP contribution is 2.41. The van der Waals surface area contributed by atoms with Crippen LogP contribution in [0.25, 0.3) is 0 Å². The van der Waals surface area contributed by atoms with Crippen molar-refractivity contribution in [3.05, 3.63) is 59.7 Å². The van der Waals surface area contributed by atoms with Crippen LogP contribution < -0.4 is 9.64 Å². The summed E-state index contributed by atoms with van der Waals surface area (Å²) in [6, 6.07) is 15.0. The number of β-lactam (4-membered cyclic amide) rings is 1. The number of carbonyl (C=O) groups excluding carboxylic acids is 2. The molecule has 1 aliphatic rings. The number of amides is 1. The van der Waals surface area contributed by atoms with Gasteiger partial charge in [-0.3, -0.25) is 14.5 Å². The van der Waals surface area contributed by atoms with E-state index in [0.29, 0.717) is 5.92 Å². The molecule has 5 heteroatoms. The molecule has 0 spiro atoms. The van der Waals surface area contributed by atoms with E-state index in [2.05, 4.69) is 26.0 Å². The molecule has 26 heavy (non-hydrogen) atoms. The summed E-state index contributed by atoms with van der Waals surface area (Å²) in [5.74, 6) is 0.468. The average molecular weight is 353 g/mol. The number of ether oxygens (including phenoxy) is 2. The van der Waals surface area contributed by atoms with Crippen LogP contribution in [-0.2, 0) is 14.3 Å². The molecule has 0 N–H and O–H groups in total. The van der Waals surface area contributed by atoms with Gasteiger partial charge in [0.25, 0.3) is 5.91 Å². The second-order valence-corrected chi connectivity index (χ2v) is 6.70. The van der Waals surface area contributed by atoms with Gasteiger partial charge < -0.3 is 9.47 Å². The highest BCUT2D eigenvalue weighted by molar-refractivity contribution is 6.06. The fourth-order valence-corrected chi connectivity index (χ4v) is 3.19. The van der Waals surface area contributed by atoms with Crippen molar-refractivity contribution >= 4 is 17.6 Å². The average Bonchev–Trinajstić information content (AvgIpc) is 2.64. The fourth-order valence-electron chi connectivity index (χ4n) is 3.19. The van der Waals surface area contributed by atoms with Crippen molar-refractivity contribution in [2.45, 2.75) is 38.8 Å². The van der Waals surface area contributed by atoms with Crippen molar-refractivity contribution in [2.24, 2.45) is 0 Å². The first-order chi connectivity index (χ1) is 12.4. The van der Waals surface area contributed by atoms with Crippen LogP contribution in [0.4, 0.5) is 5.69 Å². The lowest BCUT2D eigenvalue weighted by atomic mass is 9.88. The summed E-state index contributed by atoms with van der Waals surface area (Å²) in [4.78, 5) is 25.7. The molecular weight excluding hydrogens is 330 g/mol. The third kappa shape index (κ3) is 3.29. The smallest absolute Gasteiger partial charge is 0.303 e. The summed E-state index contributed by atoms with van der Waals surface area (Å²) in [6.07, 6.45) is -0.792. The molecule has 5 nitrogen and oxygen atoms in total. The molecule has 0 bridgehead atoms. The summed E-state index contributed by atoms with van der Waals surface area (Å²) in [6.45, 7) is 5.59. The molecule has 0 aliphatic carbocycles. The van der Waals surface area contributed by atoms with Gasteiger partial charge in [-0.25, -0.2) is 0 Å². The van der Waals surface area contributed by atoms with E-state index in [9.17, 15) is 9.59 Å². The number of rotatable bonds is 5. The third-order valence-electron chi connectivity index (χ3n) is 4.63. The predicted molar refractivity (Wildman–Crippen MR) is 99.3 cm³/mol. The standard InChI is InChI=1S/C21H23NO4/c1-13(2)15-5-7-16(8-6-15)19-20(26-14(3)23)21(24)22(19)17-9-11-18(25-4)12-10-17/h5-13,19-20H,1-4H3/t19-,20+/m0/s1. The first-order valence-electron chi connectivity index (χ1n) is 8.66. The zero-order chi connectivity index (χ0) is 18.8. The van der Waals surface area contributed by atoms with Crippen LogP contribution in [0.2, 0.25) is 0 Å². The monoisotopic (exact) mass is 353 g/mol. The minimum atomic E-state index is -0.792. The maximum absolute atomic E-state index is 12.6. The zero-order valence-electron chi connectivity index (χ0n) is 15.4. The molecule has 1 aliphatic heterocycles. The van der Waals surface area contributed by atoms with Crippen LogP contribution in [0.3, 0.4) is 0 Å². The predicted octanol–water partition coefficient (Wildman–Crippen LogP) is 3.84. The molecule has 1 saturated heterocycles. The van der Waals surface area contributed by atoms with Crippen molar-refractivity contribution in [1.82, 2.24) is 0 Å². The molecule has 1 heterocycles. The first kappa shape index (κ1) is 18.0. The molecule has 0 unspecified atom stereocenters. The molecule has 1 amide bonds. The van der Waals surface area contributed by atoms with Gasteiger partial charge in [-0.2, -0.15) is 0 Å². The highest BCUT2D eigenvalue weighted by atomic mass is 16.6. The summed E-state index contributed by atoms with van der Waals surface area (Å²) in [5, 5.41) is 0. The number of hydrogen-bond acceptors (Lipinski definition) is 4. The quantitative estimate of drug-likeness (QED) is 0.605. The zero-order valence-corrected chi connectivity index (χ0v) is 15.4. The Morgan fingerprint density at radius 2 is 1.65 bits per heavy atom. The van der Waals surface area contributed by atoms with E-state index in [1.807, 2.05) is 24.3 Å². The van der Waals surface area contributed by atoms with E-state index in [1.54, 1.807) is 24.1 Å². The summed E-state index contributed by atoms with van der Waals surface area (Å²) >= 11 is 0. The van der Waals surface area contributed by atoms with Gasteiger partial charge in [-0.15, -0.1) is 0 Å². The second kappa shape index (κ2) is 7.20. The highest BCUT2D eigenvalue weighted by Gasteiger charge is 2.51. The number of carbonyl (C=O) groups is 2. The van der Waals surface area contributed by atoms with Crippen molar-refractivity contribution < 1.29 is 19.1 Å². The van der Waals surface area contributed by atoms with Gasteiger partial charge in [0.15, 0.2) is 0 Å². The van der Waals surface area contributed by atoms with Crippen molar-refractivity contribution in [1.29, 1.82) is 0 Å². The van der Waals surface area contributed by atoms with Gasteiger partial charge in [-0.05, 0) is 41.3 Å². The number of esters is 1. The number of anilines is 1. The van der Waals surface area contributed by atoms with Gasteiger partial charge in [0, 0.05) is 12.6 Å². The van der Waals surface area contributed by atoms with Crippen LogP contribution in [0.5, 0.6) is 5.75 Å². The fraction of sp³-hybridized carbons (Fsp3) is 0.333. The molecule has 2 atom stereocenters. The maximum atomic E-state index is 12.6. The van der Waals surface area contributed by atoms with Crippen LogP contribution in [-0.4, -0.2) is 25.1 Å². The summed E-state index contributed by atoms with van der Waals surface area (Å²) in [5.41, 5.74) is 2.91. The molecule has 0 aromatic heterocycles. The van der Waals surface area contributed by atoms with Crippen LogP contribution >= 0.6 is 0 Å². The molecule has 1 fully saturated rings. The molecule has 0 radical (unpaired) electrons. The second-order valence-electron chi connectivity index (χ2n) is 6.70. The lowest BCUT2D eigenvalue weighted by Crippen LogP contribution is -2.60. The lowest BCUT2D eigenvalue weighted by Gasteiger charge is -2.46. The Balaban J connectivity index is 1.94. The van der Waals surface area contributed by atoms with E-state index in [0.717, 1.165) is 17.0 Å². The van der Waals surface area contributed by atoms with Gasteiger partial charge in [0.2, 0.25) is 6.10 Å². The Hall–Kier alpha value is -2.82. The number of benzene rings is 2. The normalized spacial score (nSPS) is 19.3. The number of nitrogens with zero attached hydrogens (tertiary/aromatic N) is 1. The van der Waals surface area contributed by atoms with Crippen molar-refractivity contribution in [2.75, 3.05) is 12.0 Å². The Kier molecular flexibility index (Phi) is 4.98. The van der Waals surface area contributed by atoms with Crippen molar-refractivity contribution in [3.8, 4) is 5.75 Å². The summed E-state index contributed by atoms with van der Waals surface area (Å²) in [7, 11) is 1.60. The third-order valence-corrected chi connectivity index (χ3v) is 4.63. The van der Waals surface area contributed by atoms with E-state index in [1.165, 1.54) is 12.5 Å². The SMILES string of the molecule is COc1ccc(N2C(=O)[C@H](OC(C)=O)[C@@H]2c2ccc(C(C)C)cc2)cc1. The lowest BCUT2D eigenvalue weighted by molar-refractivity contribution is -0.160. The molecular formula is C21H23NO4. The molecule has 2 aromatic rings. The first-order valence-corrected chi connectivity index (χ1v) is 8.66. The van der Waals surface area contributed by atoms with E-state index in [4.69, 9.17) is 9.47 Å². The molecule has 0 saturated carbocycles. The number of methoxy groups -OCH3 is 1. The molecule has 3 rings (SSSR count). The van der Waals surface area contributed by atoms with Gasteiger partial charge in [0.1, 0.15) is 11.8 Å². The number of hydrogen-bond donors (Lipinski definition) is 0. The van der Waals surface area contributed by atoms with Crippen LogP contribution in [0, 0.1) is 0 Å². The van der Waals surface area contributed by atoms with Gasteiger partial charge in [0.05, 0.1) is 7.11 Å². The maximum Gasteiger partial charge on any atom is 0.303 e. The Morgan fingerprint density at radius 1 is 1.04 bits per heavy atom. The van der Waals surface area contributed by atoms with Crippen LogP contribution in [0.1, 0.15) is 43.9 Å². The Labute approximate surface area is 153 Å². The molecule has 2 aromatic carbocycles. The van der Waals surface area contributed by atoms with Gasteiger partial charge in [-0.1, -0.05) is 38.1 Å². The Morgan fingerprint density at radius 3 is 2.15 bits per heavy atom. The minimum Gasteiger partial charge on any atom is -0.497 e. The molecule has 136 valence electrons. The minimum absolute atomic E-state index is 0.219. The van der Waals surface area contributed by atoms with E-state index < -0.39 is 12.1 Å². The van der Waals surface area contributed by atoms with E-state index in [-0.39, 0.29) is 11.9 Å². The largest absolute Gasteiger partial charge is 0.497 e. The van der Waals surface area contributed by atoms with Crippen LogP contribution in [0.15, 0.2) is 48.5 Å². The van der Waals surface area contributed by atoms with Crippen molar-refractivity contribution in [3.63, 3.8) is 0 Å². The Bertz CT molecular complexity index is 796. The van der Waals surface area contributed by atoms with E-state index >= 15 is 0 Å². The summed E-state index contributed by atoms with van der Waals surface area (Å²) < 4.78 is 10.5.